The first-order valence-electron chi connectivity index (χ1n) is 6.88. The Kier molecular flexibility index (Phi) is 5.12. The molecule has 2 fully saturated rings. The van der Waals surface area contributed by atoms with Crippen molar-refractivity contribution >= 4 is 6.29 Å². The summed E-state index contributed by atoms with van der Waals surface area (Å²) in [6.07, 6.45) is 3.06. The number of aldehydes is 1. The zero-order chi connectivity index (χ0) is 12.8. The van der Waals surface area contributed by atoms with Gasteiger partial charge in [0.05, 0.1) is 18.6 Å². The van der Waals surface area contributed by atoms with Gasteiger partial charge in [0.2, 0.25) is 0 Å². The first-order valence-corrected chi connectivity index (χ1v) is 6.88. The Morgan fingerprint density at radius 1 is 1.22 bits per heavy atom. The maximum atomic E-state index is 11.3. The van der Waals surface area contributed by atoms with E-state index in [9.17, 15) is 4.79 Å². The highest BCUT2D eigenvalue weighted by Crippen LogP contribution is 2.27. The minimum absolute atomic E-state index is 0.228. The van der Waals surface area contributed by atoms with Crippen LogP contribution in [0.3, 0.4) is 0 Å². The van der Waals surface area contributed by atoms with Gasteiger partial charge in [-0.25, -0.2) is 0 Å². The molecular weight excluding hydrogens is 232 g/mol. The molecule has 0 aromatic heterocycles. The van der Waals surface area contributed by atoms with Crippen LogP contribution >= 0.6 is 0 Å². The summed E-state index contributed by atoms with van der Waals surface area (Å²) in [4.78, 5) is 16.0. The summed E-state index contributed by atoms with van der Waals surface area (Å²) in [5.74, 6) is 0. The molecule has 2 heterocycles. The highest BCUT2D eigenvalue weighted by atomic mass is 16.5. The SMILES string of the molecule is O=CC1(CN2CCCN(CCO)CC2)CCOC1. The summed E-state index contributed by atoms with van der Waals surface area (Å²) in [7, 11) is 0. The molecule has 5 nitrogen and oxygen atoms in total. The standard InChI is InChI=1S/C13H24N2O3/c16-8-7-14-3-1-4-15(6-5-14)10-13(11-17)2-9-18-12-13/h11,16H,1-10,12H2. The smallest absolute Gasteiger partial charge is 0.129 e. The van der Waals surface area contributed by atoms with Gasteiger partial charge in [0, 0.05) is 32.8 Å². The molecule has 0 aromatic carbocycles. The Labute approximate surface area is 109 Å². The Bertz CT molecular complexity index is 267. The molecule has 5 heteroatoms. The third kappa shape index (κ3) is 3.51. The minimum Gasteiger partial charge on any atom is -0.395 e. The van der Waals surface area contributed by atoms with E-state index in [1.165, 1.54) is 0 Å². The van der Waals surface area contributed by atoms with Crippen LogP contribution in [0, 0.1) is 5.41 Å². The van der Waals surface area contributed by atoms with Crippen molar-refractivity contribution in [2.75, 3.05) is 59.1 Å². The van der Waals surface area contributed by atoms with Gasteiger partial charge >= 0.3 is 0 Å². The molecule has 1 N–H and O–H groups in total. The normalized spacial score (nSPS) is 31.4. The van der Waals surface area contributed by atoms with Crippen LogP contribution in [0.1, 0.15) is 12.8 Å². The molecule has 2 aliphatic rings. The summed E-state index contributed by atoms with van der Waals surface area (Å²) in [6.45, 7) is 7.15. The topological polar surface area (TPSA) is 53.0 Å². The van der Waals surface area contributed by atoms with Crippen LogP contribution in [-0.2, 0) is 9.53 Å². The number of hydrogen-bond acceptors (Lipinski definition) is 5. The summed E-state index contributed by atoms with van der Waals surface area (Å²) in [5.41, 5.74) is -0.272. The predicted octanol–water partition coefficient (Wildman–Crippen LogP) is -0.408. The molecule has 0 saturated carbocycles. The minimum atomic E-state index is -0.272. The van der Waals surface area contributed by atoms with E-state index in [0.717, 1.165) is 58.4 Å². The molecule has 2 saturated heterocycles. The molecule has 1 unspecified atom stereocenters. The van der Waals surface area contributed by atoms with Crippen molar-refractivity contribution < 1.29 is 14.6 Å². The fourth-order valence-corrected chi connectivity index (χ4v) is 2.87. The number of hydrogen-bond donors (Lipinski definition) is 1. The molecule has 0 aromatic rings. The number of nitrogens with zero attached hydrogens (tertiary/aromatic N) is 2. The number of aliphatic hydroxyl groups excluding tert-OH is 1. The second kappa shape index (κ2) is 6.61. The van der Waals surface area contributed by atoms with E-state index in [0.29, 0.717) is 13.2 Å². The number of carbonyl (C=O) groups excluding carboxylic acids is 1. The van der Waals surface area contributed by atoms with E-state index >= 15 is 0 Å². The Morgan fingerprint density at radius 3 is 2.67 bits per heavy atom. The van der Waals surface area contributed by atoms with E-state index in [4.69, 9.17) is 9.84 Å². The van der Waals surface area contributed by atoms with Gasteiger partial charge in [0.1, 0.15) is 6.29 Å². The van der Waals surface area contributed by atoms with Crippen LogP contribution in [0.4, 0.5) is 0 Å². The van der Waals surface area contributed by atoms with Gasteiger partial charge in [-0.05, 0) is 25.9 Å². The number of ether oxygens (including phenoxy) is 1. The van der Waals surface area contributed by atoms with E-state index in [2.05, 4.69) is 9.80 Å². The van der Waals surface area contributed by atoms with Gasteiger partial charge in [-0.15, -0.1) is 0 Å². The van der Waals surface area contributed by atoms with Crippen molar-refractivity contribution in [2.24, 2.45) is 5.41 Å². The lowest BCUT2D eigenvalue weighted by Crippen LogP contribution is -2.41. The molecule has 0 aliphatic carbocycles. The van der Waals surface area contributed by atoms with Crippen molar-refractivity contribution in [3.63, 3.8) is 0 Å². The number of β-amino-alcohol motifs (C(OH)–C–C–N with tert-alkyl or cyclic N) is 1. The molecule has 1 atom stereocenters. The number of aliphatic hydroxyl groups is 1. The average Bonchev–Trinajstić information content (AvgIpc) is 2.74. The summed E-state index contributed by atoms with van der Waals surface area (Å²) < 4.78 is 5.38. The first-order chi connectivity index (χ1) is 8.78. The third-order valence-corrected chi connectivity index (χ3v) is 4.02. The zero-order valence-corrected chi connectivity index (χ0v) is 11.0. The zero-order valence-electron chi connectivity index (χ0n) is 11.0. The molecule has 0 radical (unpaired) electrons. The molecule has 0 spiro atoms. The quantitative estimate of drug-likeness (QED) is 0.678. The van der Waals surface area contributed by atoms with Gasteiger partial charge in [0.15, 0.2) is 0 Å². The molecule has 2 aliphatic heterocycles. The third-order valence-electron chi connectivity index (χ3n) is 4.02. The van der Waals surface area contributed by atoms with Gasteiger partial charge in [0.25, 0.3) is 0 Å². The second-order valence-electron chi connectivity index (χ2n) is 5.48. The lowest BCUT2D eigenvalue weighted by atomic mass is 9.88. The molecular formula is C13H24N2O3. The van der Waals surface area contributed by atoms with Crippen molar-refractivity contribution in [3.05, 3.63) is 0 Å². The molecule has 18 heavy (non-hydrogen) atoms. The summed E-state index contributed by atoms with van der Waals surface area (Å²) in [6, 6.07) is 0. The first kappa shape index (κ1) is 13.9. The monoisotopic (exact) mass is 256 g/mol. The second-order valence-corrected chi connectivity index (χ2v) is 5.48. The van der Waals surface area contributed by atoms with E-state index < -0.39 is 0 Å². The van der Waals surface area contributed by atoms with Gasteiger partial charge in [-0.3, -0.25) is 4.90 Å². The Morgan fingerprint density at radius 2 is 2.00 bits per heavy atom. The van der Waals surface area contributed by atoms with E-state index in [1.807, 2.05) is 0 Å². The summed E-state index contributed by atoms with van der Waals surface area (Å²) in [5, 5.41) is 8.97. The van der Waals surface area contributed by atoms with Crippen molar-refractivity contribution in [1.82, 2.24) is 9.80 Å². The Balaban J connectivity index is 1.84. The maximum Gasteiger partial charge on any atom is 0.129 e. The van der Waals surface area contributed by atoms with Gasteiger partial charge in [-0.1, -0.05) is 0 Å². The lowest BCUT2D eigenvalue weighted by molar-refractivity contribution is -0.117. The Hall–Kier alpha value is -0.490. The molecule has 2 rings (SSSR count). The number of carbonyl (C=O) groups is 1. The fraction of sp³-hybridized carbons (Fsp3) is 0.923. The lowest BCUT2D eigenvalue weighted by Gasteiger charge is -2.29. The summed E-state index contributed by atoms with van der Waals surface area (Å²) >= 11 is 0. The van der Waals surface area contributed by atoms with Crippen LogP contribution in [0.15, 0.2) is 0 Å². The van der Waals surface area contributed by atoms with Crippen LogP contribution < -0.4 is 0 Å². The van der Waals surface area contributed by atoms with Crippen LogP contribution in [0.2, 0.25) is 0 Å². The average molecular weight is 256 g/mol. The van der Waals surface area contributed by atoms with E-state index in [1.54, 1.807) is 0 Å². The van der Waals surface area contributed by atoms with Crippen molar-refractivity contribution in [3.8, 4) is 0 Å². The van der Waals surface area contributed by atoms with Crippen LogP contribution in [0.5, 0.6) is 0 Å². The van der Waals surface area contributed by atoms with Crippen LogP contribution in [-0.4, -0.2) is 80.3 Å². The van der Waals surface area contributed by atoms with E-state index in [-0.39, 0.29) is 12.0 Å². The maximum absolute atomic E-state index is 11.3. The predicted molar refractivity (Wildman–Crippen MR) is 68.5 cm³/mol. The highest BCUT2D eigenvalue weighted by molar-refractivity contribution is 5.60. The number of rotatable bonds is 5. The van der Waals surface area contributed by atoms with Crippen molar-refractivity contribution in [2.45, 2.75) is 12.8 Å². The molecule has 0 bridgehead atoms. The van der Waals surface area contributed by atoms with Crippen LogP contribution in [0.25, 0.3) is 0 Å². The molecule has 104 valence electrons. The van der Waals surface area contributed by atoms with Gasteiger partial charge < -0.3 is 19.5 Å². The van der Waals surface area contributed by atoms with Crippen molar-refractivity contribution in [1.29, 1.82) is 0 Å². The largest absolute Gasteiger partial charge is 0.395 e. The highest BCUT2D eigenvalue weighted by Gasteiger charge is 2.36. The fourth-order valence-electron chi connectivity index (χ4n) is 2.87. The molecule has 0 amide bonds. The van der Waals surface area contributed by atoms with Gasteiger partial charge in [-0.2, -0.15) is 0 Å².